The molecule has 132 valence electrons. The van der Waals surface area contributed by atoms with Crippen molar-refractivity contribution in [2.24, 2.45) is 0 Å². The molecule has 24 heavy (non-hydrogen) atoms. The minimum absolute atomic E-state index is 0.00512. The first-order chi connectivity index (χ1) is 11.1. The van der Waals surface area contributed by atoms with Gasteiger partial charge in [0.1, 0.15) is 0 Å². The lowest BCUT2D eigenvalue weighted by Gasteiger charge is -2.16. The first-order valence-corrected chi connectivity index (χ1v) is 9.00. The average molecular weight is 355 g/mol. The van der Waals surface area contributed by atoms with Crippen molar-refractivity contribution in [3.05, 3.63) is 41.5 Å². The van der Waals surface area contributed by atoms with Crippen LogP contribution >= 0.6 is 0 Å². The Morgan fingerprint density at radius 2 is 2.00 bits per heavy atom. The van der Waals surface area contributed by atoms with E-state index in [-0.39, 0.29) is 23.7 Å². The highest BCUT2D eigenvalue weighted by molar-refractivity contribution is 7.90. The molecule has 0 saturated carbocycles. The summed E-state index contributed by atoms with van der Waals surface area (Å²) in [7, 11) is -3.49. The van der Waals surface area contributed by atoms with E-state index in [0.29, 0.717) is 11.1 Å². The van der Waals surface area contributed by atoms with Crippen molar-refractivity contribution >= 4 is 21.7 Å². The maximum absolute atomic E-state index is 12.4. The molecule has 0 aliphatic rings. The summed E-state index contributed by atoms with van der Waals surface area (Å²) in [6.07, 6.45) is 2.51. The Hall–Kier alpha value is -2.19. The van der Waals surface area contributed by atoms with Crippen LogP contribution in [0.15, 0.2) is 29.7 Å². The number of carboxylic acid groups (broad SMARTS) is 1. The third kappa shape index (κ3) is 5.17. The van der Waals surface area contributed by atoms with Crippen LogP contribution in [0, 0.1) is 13.8 Å². The predicted molar refractivity (Wildman–Crippen MR) is 88.9 cm³/mol. The Labute approximate surface area is 141 Å². The molecule has 1 aromatic carbocycles. The number of sulfone groups is 1. The fraction of sp³-hybridized carbons (Fsp3) is 0.375. The van der Waals surface area contributed by atoms with Crippen LogP contribution in [-0.4, -0.2) is 50.9 Å². The number of ether oxygens (including phenoxy) is 1. The van der Waals surface area contributed by atoms with Gasteiger partial charge in [0.25, 0.3) is 5.91 Å². The first kappa shape index (κ1) is 19.9. The van der Waals surface area contributed by atoms with E-state index in [4.69, 9.17) is 9.84 Å². The van der Waals surface area contributed by atoms with Gasteiger partial charge in [0.2, 0.25) is 0 Å². The number of hydrogen-bond acceptors (Lipinski definition) is 5. The zero-order valence-corrected chi connectivity index (χ0v) is 14.6. The molecule has 1 atom stereocenters. The minimum Gasteiger partial charge on any atom is -0.480 e. The molecule has 0 heterocycles. The molecule has 1 aromatic rings. The third-order valence-corrected chi connectivity index (χ3v) is 4.53. The molecule has 1 amide bonds. The molecule has 7 nitrogen and oxygen atoms in total. The number of benzene rings is 1. The molecular formula is C16H21NO6S. The van der Waals surface area contributed by atoms with Crippen molar-refractivity contribution in [3.8, 4) is 0 Å². The summed E-state index contributed by atoms with van der Waals surface area (Å²) in [6, 6.07) is 1.47. The molecule has 2 N–H and O–H groups in total. The van der Waals surface area contributed by atoms with Gasteiger partial charge in [-0.05, 0) is 37.1 Å². The summed E-state index contributed by atoms with van der Waals surface area (Å²) < 4.78 is 28.5. The van der Waals surface area contributed by atoms with E-state index in [0.717, 1.165) is 6.26 Å². The maximum atomic E-state index is 12.4. The highest BCUT2D eigenvalue weighted by atomic mass is 32.2. The van der Waals surface area contributed by atoms with Gasteiger partial charge in [0, 0.05) is 11.8 Å². The highest BCUT2D eigenvalue weighted by Crippen LogP contribution is 2.20. The predicted octanol–water partition coefficient (Wildman–Crippen LogP) is 1.09. The summed E-state index contributed by atoms with van der Waals surface area (Å²) in [5.41, 5.74) is 1.32. The van der Waals surface area contributed by atoms with Gasteiger partial charge < -0.3 is 15.2 Å². The summed E-state index contributed by atoms with van der Waals surface area (Å²) in [5.74, 6) is -1.92. The Balaban J connectivity index is 3.11. The van der Waals surface area contributed by atoms with Gasteiger partial charge >= 0.3 is 5.97 Å². The topological polar surface area (TPSA) is 110 Å². The highest BCUT2D eigenvalue weighted by Gasteiger charge is 2.23. The fourth-order valence-corrected chi connectivity index (χ4v) is 2.68. The first-order valence-electron chi connectivity index (χ1n) is 7.11. The number of hydrogen-bond donors (Lipinski definition) is 2. The van der Waals surface area contributed by atoms with E-state index in [1.807, 2.05) is 0 Å². The van der Waals surface area contributed by atoms with Crippen molar-refractivity contribution in [2.45, 2.75) is 24.8 Å². The quantitative estimate of drug-likeness (QED) is 0.534. The number of aliphatic carboxylic acids is 1. The van der Waals surface area contributed by atoms with Gasteiger partial charge in [0.05, 0.1) is 18.1 Å². The molecule has 0 aliphatic heterocycles. The van der Waals surface area contributed by atoms with Crippen LogP contribution in [-0.2, 0) is 19.4 Å². The Morgan fingerprint density at radius 1 is 1.38 bits per heavy atom. The number of rotatable bonds is 8. The fourth-order valence-electron chi connectivity index (χ4n) is 1.96. The van der Waals surface area contributed by atoms with E-state index in [1.165, 1.54) is 18.2 Å². The van der Waals surface area contributed by atoms with Gasteiger partial charge in [-0.2, -0.15) is 0 Å². The number of nitrogens with one attached hydrogen (secondary N) is 1. The summed E-state index contributed by atoms with van der Waals surface area (Å²) in [5, 5.41) is 11.5. The maximum Gasteiger partial charge on any atom is 0.328 e. The van der Waals surface area contributed by atoms with Crippen molar-refractivity contribution < 1.29 is 27.9 Å². The molecule has 0 radical (unpaired) electrons. The van der Waals surface area contributed by atoms with Crippen molar-refractivity contribution in [2.75, 3.05) is 19.5 Å². The van der Waals surface area contributed by atoms with Crippen LogP contribution < -0.4 is 5.32 Å². The minimum atomic E-state index is -3.49. The van der Waals surface area contributed by atoms with Crippen molar-refractivity contribution in [1.82, 2.24) is 5.32 Å². The smallest absolute Gasteiger partial charge is 0.328 e. The monoisotopic (exact) mass is 355 g/mol. The standard InChI is InChI=1S/C16H21NO6S/c1-5-6-23-9-14(16(19)20)17-15(18)13-8-12(24(4,21)22)7-10(2)11(13)3/h5,7-8,14H,1,6,9H2,2-4H3,(H,17,18)(H,19,20). The van der Waals surface area contributed by atoms with Crippen LogP contribution in [0.25, 0.3) is 0 Å². The number of carbonyl (C=O) groups excluding carboxylic acids is 1. The van der Waals surface area contributed by atoms with Crippen LogP contribution in [0.4, 0.5) is 0 Å². The molecule has 8 heteroatoms. The van der Waals surface area contributed by atoms with E-state index in [9.17, 15) is 18.0 Å². The van der Waals surface area contributed by atoms with Gasteiger partial charge in [-0.3, -0.25) is 4.79 Å². The normalized spacial score (nSPS) is 12.5. The van der Waals surface area contributed by atoms with Crippen LogP contribution in [0.2, 0.25) is 0 Å². The molecular weight excluding hydrogens is 334 g/mol. The van der Waals surface area contributed by atoms with E-state index in [2.05, 4.69) is 11.9 Å². The van der Waals surface area contributed by atoms with Crippen molar-refractivity contribution in [1.29, 1.82) is 0 Å². The van der Waals surface area contributed by atoms with Gasteiger partial charge in [-0.1, -0.05) is 6.08 Å². The zero-order chi connectivity index (χ0) is 18.5. The van der Waals surface area contributed by atoms with Gasteiger partial charge in [-0.25, -0.2) is 13.2 Å². The number of amides is 1. The second-order valence-corrected chi connectivity index (χ2v) is 7.39. The third-order valence-electron chi connectivity index (χ3n) is 3.44. The molecule has 0 fully saturated rings. The number of aryl methyl sites for hydroxylation is 1. The molecule has 0 aliphatic carbocycles. The average Bonchev–Trinajstić information content (AvgIpc) is 2.47. The summed E-state index contributed by atoms with van der Waals surface area (Å²) >= 11 is 0. The molecule has 0 aromatic heterocycles. The molecule has 0 bridgehead atoms. The van der Waals surface area contributed by atoms with E-state index >= 15 is 0 Å². The lowest BCUT2D eigenvalue weighted by molar-refractivity contribution is -0.140. The van der Waals surface area contributed by atoms with E-state index in [1.54, 1.807) is 13.8 Å². The zero-order valence-electron chi connectivity index (χ0n) is 13.8. The molecule has 0 saturated heterocycles. The van der Waals surface area contributed by atoms with Crippen molar-refractivity contribution in [3.63, 3.8) is 0 Å². The molecule has 1 rings (SSSR count). The number of carboxylic acids is 1. The summed E-state index contributed by atoms with van der Waals surface area (Å²) in [6.45, 7) is 6.73. The van der Waals surface area contributed by atoms with Gasteiger partial charge in [0.15, 0.2) is 15.9 Å². The Morgan fingerprint density at radius 3 is 2.50 bits per heavy atom. The second-order valence-electron chi connectivity index (χ2n) is 5.38. The Kier molecular flexibility index (Phi) is 6.68. The van der Waals surface area contributed by atoms with Gasteiger partial charge in [-0.15, -0.1) is 6.58 Å². The lowest BCUT2D eigenvalue weighted by Crippen LogP contribution is -2.44. The van der Waals surface area contributed by atoms with Crippen LogP contribution in [0.3, 0.4) is 0 Å². The largest absolute Gasteiger partial charge is 0.480 e. The lowest BCUT2D eigenvalue weighted by atomic mass is 10.0. The second kappa shape index (κ2) is 8.07. The summed E-state index contributed by atoms with van der Waals surface area (Å²) in [4.78, 5) is 23.6. The molecule has 1 unspecified atom stereocenters. The van der Waals surface area contributed by atoms with Crippen LogP contribution in [0.1, 0.15) is 21.5 Å². The number of carbonyl (C=O) groups is 2. The SMILES string of the molecule is C=CCOCC(NC(=O)c1cc(S(C)(=O)=O)cc(C)c1C)C(=O)O. The Bertz CT molecular complexity index is 754. The van der Waals surface area contributed by atoms with Crippen LogP contribution in [0.5, 0.6) is 0 Å². The molecule has 0 spiro atoms. The van der Waals surface area contributed by atoms with E-state index < -0.39 is 27.8 Å².